The van der Waals surface area contributed by atoms with Crippen molar-refractivity contribution in [3.8, 4) is 11.5 Å². The lowest BCUT2D eigenvalue weighted by molar-refractivity contribution is -0.943. The highest BCUT2D eigenvalue weighted by Gasteiger charge is 2.35. The number of quaternary nitrogens is 1. The van der Waals surface area contributed by atoms with Crippen molar-refractivity contribution in [1.82, 2.24) is 9.78 Å². The first-order valence-electron chi connectivity index (χ1n) is 7.67. The summed E-state index contributed by atoms with van der Waals surface area (Å²) < 4.78 is 30.6. The van der Waals surface area contributed by atoms with Crippen molar-refractivity contribution in [2.75, 3.05) is 18.1 Å². The van der Waals surface area contributed by atoms with Crippen molar-refractivity contribution in [2.24, 2.45) is 0 Å². The van der Waals surface area contributed by atoms with Crippen molar-refractivity contribution >= 4 is 22.1 Å². The third kappa shape index (κ3) is 3.70. The highest BCUT2D eigenvalue weighted by Crippen LogP contribution is 2.16. The molecule has 2 heterocycles. The first kappa shape index (κ1) is 16.4. The van der Waals surface area contributed by atoms with E-state index in [9.17, 15) is 8.42 Å². The fraction of sp³-hybridized carbons (Fsp3) is 0.467. The molecule has 1 fully saturated rings. The topological polar surface area (TPSA) is 69.5 Å². The standard InChI is InChI=1S/C15H19N3O3S2/c1-2-17(13-8-9-23(19,20)10-13)11-18-15(22)21-14(16-18)12-6-4-3-5-7-12/h3-7,13H,2,8-11H2,1H3/p+1/t13-/m0/s1. The lowest BCUT2D eigenvalue weighted by Crippen LogP contribution is -3.15. The molecule has 0 amide bonds. The van der Waals surface area contributed by atoms with Gasteiger partial charge >= 0.3 is 0 Å². The van der Waals surface area contributed by atoms with Gasteiger partial charge in [-0.25, -0.2) is 8.42 Å². The summed E-state index contributed by atoms with van der Waals surface area (Å²) in [6.07, 6.45) is 0.697. The van der Waals surface area contributed by atoms with Gasteiger partial charge in [-0.15, -0.1) is 5.10 Å². The summed E-state index contributed by atoms with van der Waals surface area (Å²) in [6.45, 7) is 3.38. The van der Waals surface area contributed by atoms with Crippen LogP contribution in [0.1, 0.15) is 13.3 Å². The largest absolute Gasteiger partial charge is 0.409 e. The van der Waals surface area contributed by atoms with Crippen molar-refractivity contribution < 1.29 is 17.7 Å². The molecule has 0 bridgehead atoms. The van der Waals surface area contributed by atoms with E-state index in [0.717, 1.165) is 17.0 Å². The van der Waals surface area contributed by atoms with Crippen molar-refractivity contribution in [2.45, 2.75) is 26.1 Å². The summed E-state index contributed by atoms with van der Waals surface area (Å²) in [7, 11) is -2.89. The lowest BCUT2D eigenvalue weighted by Gasteiger charge is -2.22. The quantitative estimate of drug-likeness (QED) is 0.809. The SMILES string of the molecule is CC[NH+](Cn1nc(-c2ccccc2)oc1=S)[C@H]1CCS(=O)(=O)C1. The molecule has 0 spiro atoms. The van der Waals surface area contributed by atoms with E-state index < -0.39 is 9.84 Å². The Hall–Kier alpha value is -1.51. The number of rotatable bonds is 5. The van der Waals surface area contributed by atoms with Crippen LogP contribution in [0.25, 0.3) is 11.5 Å². The Balaban J connectivity index is 1.80. The second-order valence-electron chi connectivity index (χ2n) is 5.81. The smallest absolute Gasteiger partial charge is 0.292 e. The van der Waals surface area contributed by atoms with E-state index in [1.807, 2.05) is 37.3 Å². The molecule has 1 saturated heterocycles. The van der Waals surface area contributed by atoms with Crippen LogP contribution >= 0.6 is 12.2 Å². The van der Waals surface area contributed by atoms with Crippen molar-refractivity contribution in [3.63, 3.8) is 0 Å². The molecular formula is C15H20N3O3S2+. The van der Waals surface area contributed by atoms with E-state index in [2.05, 4.69) is 5.10 Å². The van der Waals surface area contributed by atoms with Crippen LogP contribution in [0.3, 0.4) is 0 Å². The summed E-state index contributed by atoms with van der Waals surface area (Å²) in [5, 5.41) is 4.45. The number of nitrogens with one attached hydrogen (secondary N) is 1. The lowest BCUT2D eigenvalue weighted by atomic mass is 10.2. The molecule has 2 aromatic rings. The van der Waals surface area contributed by atoms with Crippen LogP contribution in [-0.2, 0) is 16.5 Å². The Labute approximate surface area is 140 Å². The number of benzene rings is 1. The van der Waals surface area contributed by atoms with E-state index in [-0.39, 0.29) is 17.5 Å². The first-order chi connectivity index (χ1) is 11.0. The molecule has 2 atom stereocenters. The molecule has 1 N–H and O–H groups in total. The van der Waals surface area contributed by atoms with Gasteiger partial charge in [0.2, 0.25) is 5.89 Å². The van der Waals surface area contributed by atoms with E-state index in [1.54, 1.807) is 4.68 Å². The monoisotopic (exact) mass is 354 g/mol. The van der Waals surface area contributed by atoms with Gasteiger partial charge in [0.25, 0.3) is 4.84 Å². The Morgan fingerprint density at radius 2 is 2.13 bits per heavy atom. The van der Waals surface area contributed by atoms with Crippen molar-refractivity contribution in [1.29, 1.82) is 0 Å². The molecule has 3 rings (SSSR count). The van der Waals surface area contributed by atoms with Gasteiger partial charge in [0, 0.05) is 12.0 Å². The average Bonchev–Trinajstić information content (AvgIpc) is 3.08. The van der Waals surface area contributed by atoms with Crippen LogP contribution in [0, 0.1) is 4.84 Å². The predicted molar refractivity (Wildman–Crippen MR) is 89.3 cm³/mol. The molecule has 0 aliphatic carbocycles. The maximum atomic E-state index is 11.7. The summed E-state index contributed by atoms with van der Waals surface area (Å²) in [4.78, 5) is 1.48. The van der Waals surface area contributed by atoms with Gasteiger partial charge in [0.15, 0.2) is 16.5 Å². The zero-order valence-electron chi connectivity index (χ0n) is 12.9. The summed E-state index contributed by atoms with van der Waals surface area (Å²) in [6, 6.07) is 9.69. The Morgan fingerprint density at radius 3 is 2.74 bits per heavy atom. The Kier molecular flexibility index (Phi) is 4.65. The maximum absolute atomic E-state index is 11.7. The Bertz CT molecular complexity index is 827. The first-order valence-corrected chi connectivity index (χ1v) is 9.90. The molecule has 124 valence electrons. The second-order valence-corrected chi connectivity index (χ2v) is 8.39. The molecular weight excluding hydrogens is 334 g/mol. The van der Waals surface area contributed by atoms with Crippen LogP contribution < -0.4 is 4.90 Å². The highest BCUT2D eigenvalue weighted by atomic mass is 32.2. The van der Waals surface area contributed by atoms with Crippen LogP contribution in [0.15, 0.2) is 34.7 Å². The van der Waals surface area contributed by atoms with Crippen LogP contribution in [0.2, 0.25) is 0 Å². The van der Waals surface area contributed by atoms with Gasteiger partial charge in [-0.2, -0.15) is 4.68 Å². The number of sulfone groups is 1. The fourth-order valence-corrected chi connectivity index (χ4v) is 4.95. The van der Waals surface area contributed by atoms with Gasteiger partial charge in [-0.1, -0.05) is 18.2 Å². The van der Waals surface area contributed by atoms with Gasteiger partial charge < -0.3 is 9.32 Å². The summed E-state index contributed by atoms with van der Waals surface area (Å²) in [5.41, 5.74) is 0.874. The number of nitrogens with zero attached hydrogens (tertiary/aromatic N) is 2. The van der Waals surface area contributed by atoms with E-state index in [0.29, 0.717) is 23.8 Å². The Morgan fingerprint density at radius 1 is 1.39 bits per heavy atom. The van der Waals surface area contributed by atoms with E-state index in [1.165, 1.54) is 0 Å². The minimum absolute atomic E-state index is 0.101. The average molecular weight is 354 g/mol. The van der Waals surface area contributed by atoms with Crippen LogP contribution in [0.5, 0.6) is 0 Å². The third-order valence-corrected chi connectivity index (χ3v) is 6.31. The molecule has 1 unspecified atom stereocenters. The predicted octanol–water partition coefficient (Wildman–Crippen LogP) is 0.922. The molecule has 8 heteroatoms. The maximum Gasteiger partial charge on any atom is 0.292 e. The van der Waals surface area contributed by atoms with Gasteiger partial charge in [0.05, 0.1) is 12.3 Å². The number of aromatic nitrogens is 2. The molecule has 1 aliphatic heterocycles. The van der Waals surface area contributed by atoms with Gasteiger partial charge in [-0.3, -0.25) is 0 Å². The summed E-state index contributed by atoms with van der Waals surface area (Å²) in [5.74, 6) is 1.01. The minimum Gasteiger partial charge on any atom is -0.409 e. The molecule has 0 radical (unpaired) electrons. The van der Waals surface area contributed by atoms with Crippen LogP contribution in [-0.4, -0.2) is 42.3 Å². The number of hydrogen-bond acceptors (Lipinski definition) is 5. The molecule has 6 nitrogen and oxygen atoms in total. The molecule has 1 aliphatic rings. The fourth-order valence-electron chi connectivity index (χ4n) is 2.94. The summed E-state index contributed by atoms with van der Waals surface area (Å²) >= 11 is 5.26. The molecule has 23 heavy (non-hydrogen) atoms. The zero-order chi connectivity index (χ0) is 16.4. The van der Waals surface area contributed by atoms with E-state index in [4.69, 9.17) is 16.6 Å². The minimum atomic E-state index is -2.89. The molecule has 1 aromatic carbocycles. The highest BCUT2D eigenvalue weighted by molar-refractivity contribution is 7.91. The second kappa shape index (κ2) is 6.54. The van der Waals surface area contributed by atoms with Crippen molar-refractivity contribution in [3.05, 3.63) is 35.2 Å². The number of hydrogen-bond donors (Lipinski definition) is 1. The van der Waals surface area contributed by atoms with Gasteiger partial charge in [0.1, 0.15) is 11.8 Å². The normalized spacial score (nSPS) is 21.3. The van der Waals surface area contributed by atoms with E-state index >= 15 is 0 Å². The molecule has 1 aromatic heterocycles. The zero-order valence-corrected chi connectivity index (χ0v) is 14.6. The molecule has 0 saturated carbocycles. The van der Waals surface area contributed by atoms with Gasteiger partial charge in [-0.05, 0) is 31.3 Å². The third-order valence-electron chi connectivity index (χ3n) is 4.24. The van der Waals surface area contributed by atoms with Crippen LogP contribution in [0.4, 0.5) is 0 Å².